The summed E-state index contributed by atoms with van der Waals surface area (Å²) in [5, 5.41) is 5.40. The minimum Gasteiger partial charge on any atom is -0.458 e. The van der Waals surface area contributed by atoms with Gasteiger partial charge in [-0.25, -0.2) is 9.59 Å². The number of hydrogen-bond donors (Lipinski definition) is 2. The standard InChI is InChI=1S/C34H43N3O6/c1-9-23-15-17-25(18-16-23)29(37(27-19-22(27)2)28(38)21-35-32(41)43-34(6,7)8)30(39)36-26(31(40)42-33(3,4)5)20-24-13-11-10-12-14-24/h1,10-18,22,26-27,29H,19-21H2,2-8H3,(H,35,41)(H,36,39). The molecule has 9 heteroatoms. The lowest BCUT2D eigenvalue weighted by Crippen LogP contribution is -2.53. The quantitative estimate of drug-likeness (QED) is 0.311. The van der Waals surface area contributed by atoms with Crippen LogP contribution in [-0.4, -0.2) is 58.6 Å². The van der Waals surface area contributed by atoms with E-state index in [-0.39, 0.29) is 24.9 Å². The van der Waals surface area contributed by atoms with Crippen molar-refractivity contribution in [1.82, 2.24) is 15.5 Å². The number of ether oxygens (including phenoxy) is 2. The predicted octanol–water partition coefficient (Wildman–Crippen LogP) is 4.54. The maximum atomic E-state index is 14.2. The number of nitrogens with zero attached hydrogens (tertiary/aromatic N) is 1. The zero-order valence-corrected chi connectivity index (χ0v) is 26.1. The molecule has 1 fully saturated rings. The third-order valence-electron chi connectivity index (χ3n) is 6.71. The number of carbonyl (C=O) groups is 4. The van der Waals surface area contributed by atoms with Crippen LogP contribution >= 0.6 is 0 Å². The van der Waals surface area contributed by atoms with Gasteiger partial charge in [-0.05, 0) is 77.1 Å². The van der Waals surface area contributed by atoms with E-state index in [1.807, 2.05) is 37.3 Å². The van der Waals surface area contributed by atoms with Gasteiger partial charge in [-0.3, -0.25) is 9.59 Å². The molecule has 0 radical (unpaired) electrons. The van der Waals surface area contributed by atoms with E-state index in [0.29, 0.717) is 17.5 Å². The van der Waals surface area contributed by atoms with Crippen molar-refractivity contribution in [3.8, 4) is 12.3 Å². The van der Waals surface area contributed by atoms with E-state index in [2.05, 4.69) is 16.6 Å². The van der Waals surface area contributed by atoms with E-state index in [9.17, 15) is 19.2 Å². The monoisotopic (exact) mass is 589 g/mol. The van der Waals surface area contributed by atoms with Crippen molar-refractivity contribution in [2.75, 3.05) is 6.54 Å². The average molecular weight is 590 g/mol. The molecule has 0 bridgehead atoms. The normalized spacial score (nSPS) is 17.4. The molecule has 2 N–H and O–H groups in total. The molecule has 0 spiro atoms. The van der Waals surface area contributed by atoms with Gasteiger partial charge in [0.15, 0.2) is 0 Å². The van der Waals surface area contributed by atoms with E-state index in [1.165, 1.54) is 4.90 Å². The highest BCUT2D eigenvalue weighted by Crippen LogP contribution is 2.40. The van der Waals surface area contributed by atoms with Crippen LogP contribution in [0.5, 0.6) is 0 Å². The van der Waals surface area contributed by atoms with Crippen LogP contribution in [0.1, 0.15) is 77.6 Å². The average Bonchev–Trinajstić information content (AvgIpc) is 3.64. The maximum absolute atomic E-state index is 14.2. The molecule has 3 rings (SSSR count). The summed E-state index contributed by atoms with van der Waals surface area (Å²) in [5.41, 5.74) is 0.444. The Bertz CT molecular complexity index is 1340. The number of alkyl carbamates (subject to hydrolysis) is 1. The fourth-order valence-electron chi connectivity index (χ4n) is 4.63. The molecule has 0 heterocycles. The van der Waals surface area contributed by atoms with Crippen molar-refractivity contribution in [3.05, 3.63) is 71.3 Å². The first-order valence-electron chi connectivity index (χ1n) is 14.5. The van der Waals surface area contributed by atoms with Gasteiger partial charge in [0, 0.05) is 18.0 Å². The molecule has 4 atom stereocenters. The zero-order chi connectivity index (χ0) is 31.9. The van der Waals surface area contributed by atoms with Gasteiger partial charge in [-0.15, -0.1) is 6.42 Å². The van der Waals surface area contributed by atoms with Crippen molar-refractivity contribution in [2.24, 2.45) is 5.92 Å². The first-order chi connectivity index (χ1) is 20.1. The Morgan fingerprint density at radius 1 is 0.953 bits per heavy atom. The minimum atomic E-state index is -1.10. The summed E-state index contributed by atoms with van der Waals surface area (Å²) in [6.07, 6.45) is 5.70. The molecule has 0 aromatic heterocycles. The summed E-state index contributed by atoms with van der Waals surface area (Å²) in [6.45, 7) is 12.1. The summed E-state index contributed by atoms with van der Waals surface area (Å²) in [4.78, 5) is 55.1. The highest BCUT2D eigenvalue weighted by molar-refractivity contribution is 5.93. The van der Waals surface area contributed by atoms with Gasteiger partial charge in [0.1, 0.15) is 29.8 Å². The fraction of sp³-hybridized carbons (Fsp3) is 0.471. The summed E-state index contributed by atoms with van der Waals surface area (Å²) in [6, 6.07) is 13.7. The SMILES string of the molecule is C#Cc1ccc(C(C(=O)NC(Cc2ccccc2)C(=O)OC(C)(C)C)N(C(=O)CNC(=O)OC(C)(C)C)C2CC2C)cc1. The Morgan fingerprint density at radius 3 is 2.05 bits per heavy atom. The second kappa shape index (κ2) is 13.8. The predicted molar refractivity (Wildman–Crippen MR) is 164 cm³/mol. The Balaban J connectivity index is 1.97. The molecule has 1 saturated carbocycles. The number of benzene rings is 2. The maximum Gasteiger partial charge on any atom is 0.408 e. The van der Waals surface area contributed by atoms with Gasteiger partial charge >= 0.3 is 12.1 Å². The van der Waals surface area contributed by atoms with Crippen LogP contribution in [0.2, 0.25) is 0 Å². The van der Waals surface area contributed by atoms with E-state index in [0.717, 1.165) is 5.56 Å². The molecule has 0 aliphatic heterocycles. The lowest BCUT2D eigenvalue weighted by atomic mass is 10.00. The van der Waals surface area contributed by atoms with Gasteiger partial charge in [0.2, 0.25) is 11.8 Å². The second-order valence-electron chi connectivity index (χ2n) is 12.9. The van der Waals surface area contributed by atoms with Crippen LogP contribution in [0.15, 0.2) is 54.6 Å². The number of amides is 3. The molecule has 1 aliphatic carbocycles. The van der Waals surface area contributed by atoms with Gasteiger partial charge in [0.05, 0.1) is 0 Å². The number of terminal acetylenes is 1. The highest BCUT2D eigenvalue weighted by atomic mass is 16.6. The number of hydrogen-bond acceptors (Lipinski definition) is 6. The first kappa shape index (κ1) is 33.2. The van der Waals surface area contributed by atoms with Crippen molar-refractivity contribution in [3.63, 3.8) is 0 Å². The summed E-state index contributed by atoms with van der Waals surface area (Å²) in [5.74, 6) is 1.10. The van der Waals surface area contributed by atoms with Crippen molar-refractivity contribution < 1.29 is 28.7 Å². The van der Waals surface area contributed by atoms with Crippen LogP contribution in [-0.2, 0) is 30.3 Å². The summed E-state index contributed by atoms with van der Waals surface area (Å²) in [7, 11) is 0. The molecule has 43 heavy (non-hydrogen) atoms. The first-order valence-corrected chi connectivity index (χ1v) is 14.5. The largest absolute Gasteiger partial charge is 0.458 e. The zero-order valence-electron chi connectivity index (χ0n) is 26.1. The molecule has 0 saturated heterocycles. The van der Waals surface area contributed by atoms with Crippen molar-refractivity contribution in [2.45, 2.75) is 90.6 Å². The number of esters is 1. The third kappa shape index (κ3) is 10.2. The highest BCUT2D eigenvalue weighted by Gasteiger charge is 2.47. The molecule has 230 valence electrons. The topological polar surface area (TPSA) is 114 Å². The van der Waals surface area contributed by atoms with Crippen LogP contribution in [0.25, 0.3) is 0 Å². The smallest absolute Gasteiger partial charge is 0.408 e. The van der Waals surface area contributed by atoms with Gasteiger partial charge in [-0.1, -0.05) is 55.3 Å². The van der Waals surface area contributed by atoms with Gasteiger partial charge in [-0.2, -0.15) is 0 Å². The molecule has 1 aliphatic rings. The lowest BCUT2D eigenvalue weighted by Gasteiger charge is -2.33. The van der Waals surface area contributed by atoms with Crippen molar-refractivity contribution >= 4 is 23.9 Å². The lowest BCUT2D eigenvalue weighted by molar-refractivity contribution is -0.159. The summed E-state index contributed by atoms with van der Waals surface area (Å²) >= 11 is 0. The van der Waals surface area contributed by atoms with Gasteiger partial charge in [0.25, 0.3) is 0 Å². The van der Waals surface area contributed by atoms with Gasteiger partial charge < -0.3 is 25.0 Å². The Morgan fingerprint density at radius 2 is 1.53 bits per heavy atom. The number of nitrogens with one attached hydrogen (secondary N) is 2. The Kier molecular flexibility index (Phi) is 10.6. The van der Waals surface area contributed by atoms with E-state index in [1.54, 1.807) is 65.8 Å². The number of carbonyl (C=O) groups excluding carboxylic acids is 4. The summed E-state index contributed by atoms with van der Waals surface area (Å²) < 4.78 is 10.9. The van der Waals surface area contributed by atoms with Crippen molar-refractivity contribution in [1.29, 1.82) is 0 Å². The van der Waals surface area contributed by atoms with E-state index in [4.69, 9.17) is 15.9 Å². The molecular formula is C34H43N3O6. The van der Waals surface area contributed by atoms with Crippen LogP contribution in [0, 0.1) is 18.3 Å². The minimum absolute atomic E-state index is 0.136. The Labute approximate surface area is 254 Å². The van der Waals surface area contributed by atoms with Crippen LogP contribution in [0.4, 0.5) is 4.79 Å². The molecule has 3 amide bonds. The number of rotatable bonds is 10. The van der Waals surface area contributed by atoms with E-state index >= 15 is 0 Å². The van der Waals surface area contributed by atoms with Crippen LogP contribution < -0.4 is 10.6 Å². The Hall–Kier alpha value is -4.32. The molecule has 9 nitrogen and oxygen atoms in total. The van der Waals surface area contributed by atoms with Crippen LogP contribution in [0.3, 0.4) is 0 Å². The second-order valence-corrected chi connectivity index (χ2v) is 12.9. The molecule has 2 aromatic rings. The third-order valence-corrected chi connectivity index (χ3v) is 6.71. The fourth-order valence-corrected chi connectivity index (χ4v) is 4.63. The molecular weight excluding hydrogens is 546 g/mol. The van der Waals surface area contributed by atoms with E-state index < -0.39 is 47.2 Å². The molecule has 4 unspecified atom stereocenters. The molecule has 2 aromatic carbocycles.